The number of halogens is 1. The first kappa shape index (κ1) is 17.7. The lowest BCUT2D eigenvalue weighted by atomic mass is 9.99. The summed E-state index contributed by atoms with van der Waals surface area (Å²) < 4.78 is 23.9. The number of benzene rings is 1. The van der Waals surface area contributed by atoms with Gasteiger partial charge in [-0.1, -0.05) is 12.1 Å². The van der Waals surface area contributed by atoms with Crippen molar-refractivity contribution in [3.8, 4) is 0 Å². The molecule has 23 heavy (non-hydrogen) atoms. The summed E-state index contributed by atoms with van der Waals surface area (Å²) in [6.07, 6.45) is 0.161. The van der Waals surface area contributed by atoms with Gasteiger partial charge in [0.25, 0.3) is 0 Å². The molecule has 2 N–H and O–H groups in total. The van der Waals surface area contributed by atoms with Gasteiger partial charge in [-0.15, -0.1) is 0 Å². The van der Waals surface area contributed by atoms with Gasteiger partial charge in [0.05, 0.1) is 19.3 Å². The lowest BCUT2D eigenvalue weighted by Gasteiger charge is -2.39. The van der Waals surface area contributed by atoms with E-state index in [1.165, 1.54) is 12.1 Å². The van der Waals surface area contributed by atoms with Crippen molar-refractivity contribution in [1.29, 1.82) is 0 Å². The number of morpholine rings is 1. The van der Waals surface area contributed by atoms with Crippen LogP contribution in [-0.4, -0.2) is 48.4 Å². The molecule has 1 heterocycles. The molecule has 1 aromatic rings. The van der Waals surface area contributed by atoms with Gasteiger partial charge in [-0.3, -0.25) is 4.90 Å². The average molecular weight is 324 g/mol. The highest BCUT2D eigenvalue weighted by Crippen LogP contribution is 2.18. The lowest BCUT2D eigenvalue weighted by Crippen LogP contribution is -2.58. The predicted molar refractivity (Wildman–Crippen MR) is 85.6 cm³/mol. The molecule has 0 saturated carbocycles. The third-order valence-corrected chi connectivity index (χ3v) is 3.67. The summed E-state index contributed by atoms with van der Waals surface area (Å²) in [6, 6.07) is 5.65. The first-order valence-corrected chi connectivity index (χ1v) is 7.83. The molecule has 0 radical (unpaired) electrons. The molecule has 2 rings (SSSR count). The molecule has 1 aliphatic rings. The maximum absolute atomic E-state index is 13.0. The molecule has 2 atom stereocenters. The fraction of sp³-hybridized carbons (Fsp3) is 0.588. The Morgan fingerprint density at radius 1 is 1.43 bits per heavy atom. The van der Waals surface area contributed by atoms with Crippen LogP contribution in [-0.2, 0) is 15.9 Å². The largest absolute Gasteiger partial charge is 0.444 e. The monoisotopic (exact) mass is 324 g/mol. The quantitative estimate of drug-likeness (QED) is 0.927. The van der Waals surface area contributed by atoms with Crippen molar-refractivity contribution in [1.82, 2.24) is 4.90 Å². The molecular weight excluding hydrogens is 299 g/mol. The van der Waals surface area contributed by atoms with Gasteiger partial charge in [-0.2, -0.15) is 0 Å². The standard InChI is InChI=1S/C17H25FN2O3/c1-17(2,3)23-16(21)20-8-9-22-11-15(20)14(19)10-12-4-6-13(18)7-5-12/h4-7,14-15H,8-11,19H2,1-3H3. The van der Waals surface area contributed by atoms with Crippen molar-refractivity contribution < 1.29 is 18.7 Å². The summed E-state index contributed by atoms with van der Waals surface area (Å²) in [6.45, 7) is 6.80. The Kier molecular flexibility index (Phi) is 5.59. The second-order valence-corrected chi connectivity index (χ2v) is 6.81. The van der Waals surface area contributed by atoms with E-state index in [1.54, 1.807) is 17.0 Å². The number of rotatable bonds is 3. The van der Waals surface area contributed by atoms with Crippen molar-refractivity contribution in [3.05, 3.63) is 35.6 Å². The van der Waals surface area contributed by atoms with Crippen molar-refractivity contribution in [2.24, 2.45) is 5.73 Å². The molecule has 0 aliphatic carbocycles. The highest BCUT2D eigenvalue weighted by molar-refractivity contribution is 5.68. The topological polar surface area (TPSA) is 64.8 Å². The average Bonchev–Trinajstić information content (AvgIpc) is 2.48. The summed E-state index contributed by atoms with van der Waals surface area (Å²) in [5, 5.41) is 0. The molecule has 0 aromatic heterocycles. The zero-order chi connectivity index (χ0) is 17.0. The Balaban J connectivity index is 2.04. The Bertz CT molecular complexity index is 528. The normalized spacial score (nSPS) is 20.2. The van der Waals surface area contributed by atoms with E-state index < -0.39 is 5.60 Å². The first-order valence-electron chi connectivity index (χ1n) is 7.83. The fourth-order valence-electron chi connectivity index (χ4n) is 2.55. The number of nitrogens with two attached hydrogens (primary N) is 1. The van der Waals surface area contributed by atoms with Gasteiger partial charge in [0.15, 0.2) is 0 Å². The van der Waals surface area contributed by atoms with Gasteiger partial charge in [0.2, 0.25) is 0 Å². The van der Waals surface area contributed by atoms with E-state index in [2.05, 4.69) is 0 Å². The number of ether oxygens (including phenoxy) is 2. The molecule has 0 bridgehead atoms. The number of hydrogen-bond donors (Lipinski definition) is 1. The lowest BCUT2D eigenvalue weighted by molar-refractivity contribution is -0.0378. The van der Waals surface area contributed by atoms with Gasteiger partial charge < -0.3 is 15.2 Å². The maximum Gasteiger partial charge on any atom is 0.410 e. The van der Waals surface area contributed by atoms with Gasteiger partial charge in [0.1, 0.15) is 11.4 Å². The minimum atomic E-state index is -0.555. The number of hydrogen-bond acceptors (Lipinski definition) is 4. The van der Waals surface area contributed by atoms with Crippen LogP contribution >= 0.6 is 0 Å². The second-order valence-electron chi connectivity index (χ2n) is 6.81. The number of nitrogens with zero attached hydrogens (tertiary/aromatic N) is 1. The molecule has 1 fully saturated rings. The number of amides is 1. The molecule has 1 aliphatic heterocycles. The molecule has 1 saturated heterocycles. The van der Waals surface area contributed by atoms with Crippen LogP contribution in [0.1, 0.15) is 26.3 Å². The first-order chi connectivity index (χ1) is 10.8. The summed E-state index contributed by atoms with van der Waals surface area (Å²) in [7, 11) is 0. The highest BCUT2D eigenvalue weighted by atomic mass is 19.1. The summed E-state index contributed by atoms with van der Waals surface area (Å²) in [4.78, 5) is 14.0. The molecule has 5 nitrogen and oxygen atoms in total. The fourth-order valence-corrected chi connectivity index (χ4v) is 2.55. The van der Waals surface area contributed by atoms with E-state index in [9.17, 15) is 9.18 Å². The van der Waals surface area contributed by atoms with E-state index in [0.717, 1.165) is 5.56 Å². The van der Waals surface area contributed by atoms with Gasteiger partial charge >= 0.3 is 6.09 Å². The zero-order valence-electron chi connectivity index (χ0n) is 13.9. The van der Waals surface area contributed by atoms with E-state index in [1.807, 2.05) is 20.8 Å². The van der Waals surface area contributed by atoms with Crippen molar-refractivity contribution in [2.45, 2.75) is 44.9 Å². The van der Waals surface area contributed by atoms with Crippen LogP contribution in [0.3, 0.4) is 0 Å². The summed E-state index contributed by atoms with van der Waals surface area (Å²) >= 11 is 0. The van der Waals surface area contributed by atoms with Crippen LogP contribution in [0.15, 0.2) is 24.3 Å². The van der Waals surface area contributed by atoms with Crippen LogP contribution in [0.2, 0.25) is 0 Å². The minimum Gasteiger partial charge on any atom is -0.444 e. The van der Waals surface area contributed by atoms with Gasteiger partial charge in [0, 0.05) is 12.6 Å². The smallest absolute Gasteiger partial charge is 0.410 e. The van der Waals surface area contributed by atoms with E-state index in [0.29, 0.717) is 26.2 Å². The van der Waals surface area contributed by atoms with Crippen LogP contribution in [0.4, 0.5) is 9.18 Å². The van der Waals surface area contributed by atoms with E-state index in [-0.39, 0.29) is 24.0 Å². The van der Waals surface area contributed by atoms with Gasteiger partial charge in [-0.25, -0.2) is 9.18 Å². The Morgan fingerprint density at radius 2 is 2.09 bits per heavy atom. The Morgan fingerprint density at radius 3 is 2.70 bits per heavy atom. The second kappa shape index (κ2) is 7.27. The molecule has 128 valence electrons. The third kappa shape index (κ3) is 5.18. The molecule has 2 unspecified atom stereocenters. The molecule has 1 amide bonds. The van der Waals surface area contributed by atoms with Crippen molar-refractivity contribution in [2.75, 3.05) is 19.8 Å². The molecule has 1 aromatic carbocycles. The van der Waals surface area contributed by atoms with Crippen molar-refractivity contribution >= 4 is 6.09 Å². The molecule has 6 heteroatoms. The maximum atomic E-state index is 13.0. The Labute approximate surface area is 136 Å². The Hall–Kier alpha value is -1.66. The van der Waals surface area contributed by atoms with Crippen LogP contribution in [0.5, 0.6) is 0 Å². The minimum absolute atomic E-state index is 0.261. The van der Waals surface area contributed by atoms with E-state index in [4.69, 9.17) is 15.2 Å². The van der Waals surface area contributed by atoms with Crippen LogP contribution in [0, 0.1) is 5.82 Å². The van der Waals surface area contributed by atoms with E-state index >= 15 is 0 Å². The van der Waals surface area contributed by atoms with Gasteiger partial charge in [-0.05, 0) is 44.9 Å². The molecule has 0 spiro atoms. The van der Waals surface area contributed by atoms with Crippen LogP contribution < -0.4 is 5.73 Å². The highest BCUT2D eigenvalue weighted by Gasteiger charge is 2.34. The summed E-state index contributed by atoms with van der Waals surface area (Å²) in [5.41, 5.74) is 6.66. The summed E-state index contributed by atoms with van der Waals surface area (Å²) in [5.74, 6) is -0.279. The zero-order valence-corrected chi connectivity index (χ0v) is 13.9. The van der Waals surface area contributed by atoms with Crippen molar-refractivity contribution in [3.63, 3.8) is 0 Å². The van der Waals surface area contributed by atoms with Crippen LogP contribution in [0.25, 0.3) is 0 Å². The third-order valence-electron chi connectivity index (χ3n) is 3.67. The predicted octanol–water partition coefficient (Wildman–Crippen LogP) is 2.33. The number of carbonyl (C=O) groups excluding carboxylic acids is 1. The molecular formula is C17H25FN2O3. The number of carbonyl (C=O) groups is 1. The SMILES string of the molecule is CC(C)(C)OC(=O)N1CCOCC1C(N)Cc1ccc(F)cc1.